The van der Waals surface area contributed by atoms with E-state index < -0.39 is 0 Å². The summed E-state index contributed by atoms with van der Waals surface area (Å²) in [6.07, 6.45) is 15.4. The van der Waals surface area contributed by atoms with Crippen LogP contribution in [-0.4, -0.2) is 13.1 Å². The van der Waals surface area contributed by atoms with Crippen LogP contribution in [0.1, 0.15) is 13.3 Å². The van der Waals surface area contributed by atoms with E-state index in [1.807, 2.05) is 0 Å². The Morgan fingerprint density at radius 2 is 2.07 bits per heavy atom. The van der Waals surface area contributed by atoms with Gasteiger partial charge in [0.05, 0.1) is 0 Å². The third kappa shape index (κ3) is 1.26. The van der Waals surface area contributed by atoms with Crippen molar-refractivity contribution in [2.45, 2.75) is 13.3 Å². The van der Waals surface area contributed by atoms with Crippen LogP contribution < -0.4 is 5.32 Å². The van der Waals surface area contributed by atoms with Crippen LogP contribution in [0.2, 0.25) is 0 Å². The smallest absolute Gasteiger partial charge is 0.00213 e. The highest BCUT2D eigenvalue weighted by molar-refractivity contribution is 5.30. The Bertz CT molecular complexity index is 339. The number of hydrogen-bond acceptors (Lipinski definition) is 1. The van der Waals surface area contributed by atoms with E-state index in [0.717, 1.165) is 11.8 Å². The second-order valence-electron chi connectivity index (χ2n) is 5.20. The fourth-order valence-corrected chi connectivity index (χ4v) is 3.55. The summed E-state index contributed by atoms with van der Waals surface area (Å²) in [5, 5.41) is 3.51. The lowest BCUT2D eigenvalue weighted by Crippen LogP contribution is -2.46. The summed E-state index contributed by atoms with van der Waals surface area (Å²) in [5.41, 5.74) is 0.442. The van der Waals surface area contributed by atoms with Gasteiger partial charge in [-0.25, -0.2) is 0 Å². The molecule has 0 aromatic heterocycles. The maximum atomic E-state index is 3.51. The number of piperidine rings is 1. The van der Waals surface area contributed by atoms with Gasteiger partial charge in [0.15, 0.2) is 0 Å². The summed E-state index contributed by atoms with van der Waals surface area (Å²) >= 11 is 0. The average molecular weight is 201 g/mol. The normalized spacial score (nSPS) is 47.4. The molecule has 1 heterocycles. The van der Waals surface area contributed by atoms with Crippen LogP contribution in [0.4, 0.5) is 0 Å². The Hall–Kier alpha value is -0.820. The molecule has 1 aliphatic heterocycles. The molecule has 3 aliphatic rings. The van der Waals surface area contributed by atoms with E-state index in [-0.39, 0.29) is 0 Å². The highest BCUT2D eigenvalue weighted by Gasteiger charge is 2.47. The lowest BCUT2D eigenvalue weighted by atomic mass is 9.63. The van der Waals surface area contributed by atoms with E-state index in [0.29, 0.717) is 11.3 Å². The molecule has 1 nitrogen and oxygen atoms in total. The number of hydrogen-bond donors (Lipinski definition) is 1. The summed E-state index contributed by atoms with van der Waals surface area (Å²) in [6, 6.07) is 0. The Balaban J connectivity index is 1.95. The molecule has 4 atom stereocenters. The highest BCUT2D eigenvalue weighted by atomic mass is 14.9. The van der Waals surface area contributed by atoms with E-state index in [4.69, 9.17) is 0 Å². The molecule has 0 aromatic rings. The topological polar surface area (TPSA) is 12.0 Å². The predicted octanol–water partition coefficient (Wildman–Crippen LogP) is 2.53. The minimum atomic E-state index is 0.442. The van der Waals surface area contributed by atoms with Crippen LogP contribution in [0.15, 0.2) is 36.5 Å². The van der Waals surface area contributed by atoms with Crippen molar-refractivity contribution in [2.75, 3.05) is 13.1 Å². The van der Waals surface area contributed by atoms with Crippen LogP contribution in [0.3, 0.4) is 0 Å². The van der Waals surface area contributed by atoms with Gasteiger partial charge in [0.1, 0.15) is 0 Å². The molecule has 0 amide bonds. The third-order valence-electron chi connectivity index (χ3n) is 4.53. The fourth-order valence-electron chi connectivity index (χ4n) is 3.55. The Morgan fingerprint density at radius 3 is 2.93 bits per heavy atom. The molecule has 0 radical (unpaired) electrons. The van der Waals surface area contributed by atoms with Crippen molar-refractivity contribution in [1.29, 1.82) is 0 Å². The standard InChI is InChI=1S/C14H19N/c1-11-10-15-9-8-14(11)7-6-12-4-2-3-5-13(12)14/h2-7,11-13,15H,8-10H2,1H3/t11-,12?,13?,14-/m0/s1. The largest absolute Gasteiger partial charge is 0.316 e. The molecule has 1 N–H and O–H groups in total. The first kappa shape index (κ1) is 9.41. The maximum Gasteiger partial charge on any atom is 0.00213 e. The van der Waals surface area contributed by atoms with Gasteiger partial charge in [-0.1, -0.05) is 43.4 Å². The fraction of sp³-hybridized carbons (Fsp3) is 0.571. The van der Waals surface area contributed by atoms with Crippen molar-refractivity contribution in [3.63, 3.8) is 0 Å². The first-order valence-electron chi connectivity index (χ1n) is 6.08. The number of fused-ring (bicyclic) bond motifs is 2. The van der Waals surface area contributed by atoms with Crippen molar-refractivity contribution < 1.29 is 0 Å². The van der Waals surface area contributed by atoms with Gasteiger partial charge in [0.2, 0.25) is 0 Å². The van der Waals surface area contributed by atoms with Crippen LogP contribution >= 0.6 is 0 Å². The van der Waals surface area contributed by atoms with E-state index >= 15 is 0 Å². The van der Waals surface area contributed by atoms with Crippen LogP contribution in [0.5, 0.6) is 0 Å². The second-order valence-corrected chi connectivity index (χ2v) is 5.20. The summed E-state index contributed by atoms with van der Waals surface area (Å²) in [5.74, 6) is 2.14. The van der Waals surface area contributed by atoms with Gasteiger partial charge in [-0.2, -0.15) is 0 Å². The third-order valence-corrected chi connectivity index (χ3v) is 4.53. The molecule has 0 bridgehead atoms. The predicted molar refractivity (Wildman–Crippen MR) is 63.5 cm³/mol. The Kier molecular flexibility index (Phi) is 2.10. The quantitative estimate of drug-likeness (QED) is 0.594. The summed E-state index contributed by atoms with van der Waals surface area (Å²) in [6.45, 7) is 4.74. The zero-order valence-corrected chi connectivity index (χ0v) is 9.32. The van der Waals surface area contributed by atoms with Gasteiger partial charge in [-0.3, -0.25) is 0 Å². The molecule has 15 heavy (non-hydrogen) atoms. The van der Waals surface area contributed by atoms with Crippen LogP contribution in [-0.2, 0) is 0 Å². The Labute approximate surface area is 91.9 Å². The minimum absolute atomic E-state index is 0.442. The zero-order chi connectivity index (χ0) is 10.3. The molecule has 3 rings (SSSR count). The van der Waals surface area contributed by atoms with Gasteiger partial charge in [0, 0.05) is 11.3 Å². The molecule has 1 spiro atoms. The monoisotopic (exact) mass is 201 g/mol. The zero-order valence-electron chi connectivity index (χ0n) is 9.32. The maximum absolute atomic E-state index is 3.51. The van der Waals surface area contributed by atoms with Crippen molar-refractivity contribution in [3.05, 3.63) is 36.5 Å². The van der Waals surface area contributed by atoms with Crippen molar-refractivity contribution in [3.8, 4) is 0 Å². The summed E-state index contributed by atoms with van der Waals surface area (Å²) < 4.78 is 0. The molecule has 1 heteroatoms. The SMILES string of the molecule is C[C@H]1CNCC[C@@]12C=CC1C=CC=CC12. The number of rotatable bonds is 0. The molecule has 2 aliphatic carbocycles. The molecule has 1 fully saturated rings. The minimum Gasteiger partial charge on any atom is -0.316 e. The van der Waals surface area contributed by atoms with Gasteiger partial charge in [-0.15, -0.1) is 0 Å². The summed E-state index contributed by atoms with van der Waals surface area (Å²) in [7, 11) is 0. The van der Waals surface area contributed by atoms with Crippen molar-refractivity contribution >= 4 is 0 Å². The van der Waals surface area contributed by atoms with Crippen molar-refractivity contribution in [1.82, 2.24) is 5.32 Å². The molecular formula is C14H19N. The van der Waals surface area contributed by atoms with E-state index in [9.17, 15) is 0 Å². The molecule has 0 saturated carbocycles. The first-order valence-corrected chi connectivity index (χ1v) is 6.08. The highest BCUT2D eigenvalue weighted by Crippen LogP contribution is 2.52. The van der Waals surface area contributed by atoms with Crippen LogP contribution in [0, 0.1) is 23.2 Å². The molecule has 1 saturated heterocycles. The summed E-state index contributed by atoms with van der Waals surface area (Å²) in [4.78, 5) is 0. The van der Waals surface area contributed by atoms with Crippen LogP contribution in [0.25, 0.3) is 0 Å². The van der Waals surface area contributed by atoms with Gasteiger partial charge >= 0.3 is 0 Å². The number of allylic oxidation sites excluding steroid dienone is 6. The molecule has 2 unspecified atom stereocenters. The molecule has 0 aromatic carbocycles. The van der Waals surface area contributed by atoms with Gasteiger partial charge < -0.3 is 5.32 Å². The van der Waals surface area contributed by atoms with Gasteiger partial charge in [0.25, 0.3) is 0 Å². The first-order chi connectivity index (χ1) is 7.33. The molecular weight excluding hydrogens is 182 g/mol. The van der Waals surface area contributed by atoms with E-state index in [1.165, 1.54) is 19.5 Å². The van der Waals surface area contributed by atoms with Gasteiger partial charge in [-0.05, 0) is 31.3 Å². The molecule has 80 valence electrons. The second kappa shape index (κ2) is 3.34. The lowest BCUT2D eigenvalue weighted by molar-refractivity contribution is 0.125. The van der Waals surface area contributed by atoms with E-state index in [1.54, 1.807) is 0 Å². The average Bonchev–Trinajstić information content (AvgIpc) is 2.64. The number of nitrogens with one attached hydrogen (secondary N) is 1. The lowest BCUT2D eigenvalue weighted by Gasteiger charge is -2.44. The van der Waals surface area contributed by atoms with E-state index in [2.05, 4.69) is 48.7 Å². The Morgan fingerprint density at radius 1 is 1.20 bits per heavy atom. The van der Waals surface area contributed by atoms with Crippen molar-refractivity contribution in [2.24, 2.45) is 23.2 Å².